The van der Waals surface area contributed by atoms with E-state index in [9.17, 15) is 5.11 Å². The highest BCUT2D eigenvalue weighted by Gasteiger charge is 2.09. The molecule has 0 fully saturated rings. The summed E-state index contributed by atoms with van der Waals surface area (Å²) in [6.45, 7) is 6.14. The molecule has 0 radical (unpaired) electrons. The van der Waals surface area contributed by atoms with Crippen LogP contribution in [-0.2, 0) is 0 Å². The van der Waals surface area contributed by atoms with Crippen LogP contribution in [0.3, 0.4) is 0 Å². The predicted molar refractivity (Wildman–Crippen MR) is 77.6 cm³/mol. The monoisotopic (exact) mass is 249 g/mol. The zero-order chi connectivity index (χ0) is 13.2. The molecule has 0 aliphatic rings. The fourth-order valence-electron chi connectivity index (χ4n) is 2.16. The average molecular weight is 249 g/mol. The number of unbranched alkanes of at least 4 members (excludes halogenated alkanes) is 1. The van der Waals surface area contributed by atoms with Crippen molar-refractivity contribution in [2.75, 3.05) is 13.1 Å². The van der Waals surface area contributed by atoms with Crippen molar-refractivity contribution in [1.29, 1.82) is 0 Å². The van der Waals surface area contributed by atoms with Gasteiger partial charge in [-0.15, -0.1) is 0 Å². The zero-order valence-corrected chi connectivity index (χ0v) is 11.7. The van der Waals surface area contributed by atoms with E-state index in [0.717, 1.165) is 18.0 Å². The maximum atomic E-state index is 10.0. The first-order valence-electron chi connectivity index (χ1n) is 7.21. The highest BCUT2D eigenvalue weighted by atomic mass is 16.3. The Bertz CT molecular complexity index is 299. The maximum absolute atomic E-state index is 10.0. The first-order valence-corrected chi connectivity index (χ1v) is 7.21. The summed E-state index contributed by atoms with van der Waals surface area (Å²) in [7, 11) is 0. The lowest BCUT2D eigenvalue weighted by molar-refractivity contribution is 0.172. The minimum absolute atomic E-state index is 0.394. The molecule has 102 valence electrons. The van der Waals surface area contributed by atoms with Crippen molar-refractivity contribution in [3.05, 3.63) is 35.9 Å². The first kappa shape index (κ1) is 15.2. The molecule has 0 aromatic heterocycles. The molecule has 0 aliphatic carbocycles. The van der Waals surface area contributed by atoms with Gasteiger partial charge in [0.2, 0.25) is 0 Å². The molecule has 0 amide bonds. The lowest BCUT2D eigenvalue weighted by atomic mass is 9.99. The molecule has 1 aromatic carbocycles. The van der Waals surface area contributed by atoms with Crippen LogP contribution in [0.15, 0.2) is 30.3 Å². The third kappa shape index (κ3) is 5.65. The van der Waals surface area contributed by atoms with Crippen LogP contribution in [0, 0.1) is 5.92 Å². The number of aliphatic hydroxyl groups is 1. The first-order chi connectivity index (χ1) is 8.77. The molecular weight excluding hydrogens is 222 g/mol. The molecule has 0 aliphatic heterocycles. The third-order valence-electron chi connectivity index (χ3n) is 3.50. The van der Waals surface area contributed by atoms with Gasteiger partial charge in [0.25, 0.3) is 0 Å². The summed E-state index contributed by atoms with van der Waals surface area (Å²) < 4.78 is 0. The molecule has 18 heavy (non-hydrogen) atoms. The molecule has 0 spiro atoms. The molecule has 2 nitrogen and oxygen atoms in total. The van der Waals surface area contributed by atoms with Crippen LogP contribution in [0.5, 0.6) is 0 Å². The molecule has 0 saturated carbocycles. The van der Waals surface area contributed by atoms with Crippen LogP contribution in [0.1, 0.15) is 51.2 Å². The lowest BCUT2D eigenvalue weighted by Crippen LogP contribution is -2.27. The largest absolute Gasteiger partial charge is 0.387 e. The Labute approximate surface area is 111 Å². The molecule has 0 heterocycles. The fourth-order valence-corrected chi connectivity index (χ4v) is 2.16. The quantitative estimate of drug-likeness (QED) is 0.702. The highest BCUT2D eigenvalue weighted by Crippen LogP contribution is 2.13. The van der Waals surface area contributed by atoms with E-state index in [1.807, 2.05) is 30.3 Å². The molecule has 1 aromatic rings. The van der Waals surface area contributed by atoms with Gasteiger partial charge in [0.1, 0.15) is 0 Å². The second-order valence-corrected chi connectivity index (χ2v) is 5.00. The number of benzene rings is 1. The summed E-state index contributed by atoms with van der Waals surface area (Å²) in [5.41, 5.74) is 0.992. The maximum Gasteiger partial charge on any atom is 0.0914 e. The molecular formula is C16H27NO. The standard InChI is InChI=1S/C16H27NO/c1-3-5-9-14(4-2)12-17-13-16(18)15-10-7-6-8-11-15/h6-8,10-11,14,16-18H,3-5,9,12-13H2,1-2H3/t14-,16+/m1/s1. The van der Waals surface area contributed by atoms with Crippen molar-refractivity contribution in [1.82, 2.24) is 5.32 Å². The predicted octanol–water partition coefficient (Wildman–Crippen LogP) is 3.53. The van der Waals surface area contributed by atoms with Gasteiger partial charge >= 0.3 is 0 Å². The summed E-state index contributed by atoms with van der Waals surface area (Å²) in [5, 5.41) is 13.4. The van der Waals surface area contributed by atoms with Crippen molar-refractivity contribution < 1.29 is 5.11 Å². The number of aliphatic hydroxyl groups excluding tert-OH is 1. The SMILES string of the molecule is CCCC[C@@H](CC)CNC[C@H](O)c1ccccc1. The van der Waals surface area contributed by atoms with E-state index in [4.69, 9.17) is 0 Å². The molecule has 2 N–H and O–H groups in total. The van der Waals surface area contributed by atoms with Crippen LogP contribution in [0.25, 0.3) is 0 Å². The van der Waals surface area contributed by atoms with Crippen LogP contribution in [0.2, 0.25) is 0 Å². The molecule has 0 saturated heterocycles. The lowest BCUT2D eigenvalue weighted by Gasteiger charge is -2.17. The number of hydrogen-bond acceptors (Lipinski definition) is 2. The van der Waals surface area contributed by atoms with Crippen LogP contribution < -0.4 is 5.32 Å². The summed E-state index contributed by atoms with van der Waals surface area (Å²) in [6.07, 6.45) is 4.69. The van der Waals surface area contributed by atoms with E-state index < -0.39 is 6.10 Å². The Morgan fingerprint density at radius 3 is 2.44 bits per heavy atom. The van der Waals surface area contributed by atoms with E-state index in [1.54, 1.807) is 0 Å². The van der Waals surface area contributed by atoms with Crippen molar-refractivity contribution in [2.24, 2.45) is 5.92 Å². The van der Waals surface area contributed by atoms with Crippen LogP contribution in [0.4, 0.5) is 0 Å². The van der Waals surface area contributed by atoms with Gasteiger partial charge in [0.05, 0.1) is 6.10 Å². The smallest absolute Gasteiger partial charge is 0.0914 e. The zero-order valence-electron chi connectivity index (χ0n) is 11.7. The average Bonchev–Trinajstić information content (AvgIpc) is 2.43. The number of hydrogen-bond donors (Lipinski definition) is 2. The summed E-state index contributed by atoms with van der Waals surface area (Å²) in [6, 6.07) is 9.85. The Hall–Kier alpha value is -0.860. The van der Waals surface area contributed by atoms with Crippen molar-refractivity contribution >= 4 is 0 Å². The van der Waals surface area contributed by atoms with Crippen LogP contribution >= 0.6 is 0 Å². The Morgan fingerprint density at radius 2 is 1.83 bits per heavy atom. The summed E-state index contributed by atoms with van der Waals surface area (Å²) >= 11 is 0. The third-order valence-corrected chi connectivity index (χ3v) is 3.50. The van der Waals surface area contributed by atoms with Gasteiger partial charge in [-0.2, -0.15) is 0 Å². The van der Waals surface area contributed by atoms with Crippen molar-refractivity contribution in [2.45, 2.75) is 45.6 Å². The van der Waals surface area contributed by atoms with Crippen molar-refractivity contribution in [3.63, 3.8) is 0 Å². The molecule has 2 atom stereocenters. The highest BCUT2D eigenvalue weighted by molar-refractivity contribution is 5.17. The van der Waals surface area contributed by atoms with Gasteiger partial charge < -0.3 is 10.4 Å². The summed E-state index contributed by atoms with van der Waals surface area (Å²) in [4.78, 5) is 0. The Balaban J connectivity index is 2.24. The normalized spacial score (nSPS) is 14.4. The Morgan fingerprint density at radius 1 is 1.11 bits per heavy atom. The second kappa shape index (κ2) is 9.12. The van der Waals surface area contributed by atoms with Crippen LogP contribution in [-0.4, -0.2) is 18.2 Å². The fraction of sp³-hybridized carbons (Fsp3) is 0.625. The van der Waals surface area contributed by atoms with Crippen molar-refractivity contribution in [3.8, 4) is 0 Å². The topological polar surface area (TPSA) is 32.3 Å². The minimum Gasteiger partial charge on any atom is -0.387 e. The second-order valence-electron chi connectivity index (χ2n) is 5.00. The Kier molecular flexibility index (Phi) is 7.70. The van der Waals surface area contributed by atoms with Gasteiger partial charge in [-0.3, -0.25) is 0 Å². The van der Waals surface area contributed by atoms with E-state index in [-0.39, 0.29) is 0 Å². The molecule has 2 heteroatoms. The van der Waals surface area contributed by atoms with Gasteiger partial charge in [0, 0.05) is 6.54 Å². The van der Waals surface area contributed by atoms with E-state index in [0.29, 0.717) is 6.54 Å². The van der Waals surface area contributed by atoms with Gasteiger partial charge in [-0.25, -0.2) is 0 Å². The number of rotatable bonds is 9. The molecule has 0 unspecified atom stereocenters. The van der Waals surface area contributed by atoms with Gasteiger partial charge in [-0.05, 0) is 24.4 Å². The van der Waals surface area contributed by atoms with E-state index in [2.05, 4.69) is 19.2 Å². The van der Waals surface area contributed by atoms with E-state index in [1.165, 1.54) is 25.7 Å². The minimum atomic E-state index is -0.394. The van der Waals surface area contributed by atoms with Gasteiger partial charge in [-0.1, -0.05) is 63.4 Å². The summed E-state index contributed by atoms with van der Waals surface area (Å²) in [5.74, 6) is 0.743. The van der Waals surface area contributed by atoms with Gasteiger partial charge in [0.15, 0.2) is 0 Å². The number of nitrogens with one attached hydrogen (secondary N) is 1. The molecule has 0 bridgehead atoms. The molecule has 1 rings (SSSR count). The van der Waals surface area contributed by atoms with E-state index >= 15 is 0 Å².